The first-order valence-corrected chi connectivity index (χ1v) is 9.75. The van der Waals surface area contributed by atoms with Crippen molar-refractivity contribution in [2.24, 2.45) is 0 Å². The summed E-state index contributed by atoms with van der Waals surface area (Å²) in [5.41, 5.74) is 3.07. The first-order chi connectivity index (χ1) is 13.0. The van der Waals surface area contributed by atoms with E-state index in [-0.39, 0.29) is 17.7 Å². The highest BCUT2D eigenvalue weighted by Crippen LogP contribution is 2.33. The molecule has 1 aliphatic rings. The van der Waals surface area contributed by atoms with Crippen LogP contribution in [0.3, 0.4) is 0 Å². The Balaban J connectivity index is 1.71. The molecule has 2 aromatic rings. The van der Waals surface area contributed by atoms with Gasteiger partial charge < -0.3 is 4.74 Å². The number of benzene rings is 2. The molecule has 0 saturated carbocycles. The van der Waals surface area contributed by atoms with Crippen molar-refractivity contribution in [3.05, 3.63) is 68.5 Å². The smallest absolute Gasteiger partial charge is 0.294 e. The van der Waals surface area contributed by atoms with Crippen LogP contribution in [0.4, 0.5) is 4.79 Å². The zero-order valence-electron chi connectivity index (χ0n) is 14.6. The van der Waals surface area contributed by atoms with Crippen LogP contribution in [0.5, 0.6) is 5.75 Å². The Morgan fingerprint density at radius 1 is 1.22 bits per heavy atom. The van der Waals surface area contributed by atoms with Gasteiger partial charge in [0.1, 0.15) is 12.4 Å². The zero-order valence-corrected chi connectivity index (χ0v) is 17.0. The normalized spacial score (nSPS) is 15.3. The van der Waals surface area contributed by atoms with Gasteiger partial charge in [0.2, 0.25) is 0 Å². The predicted octanol–water partition coefficient (Wildman–Crippen LogP) is 5.01. The Bertz CT molecular complexity index is 960. The molecule has 1 heterocycles. The van der Waals surface area contributed by atoms with Crippen molar-refractivity contribution in [2.45, 2.75) is 13.5 Å². The molecule has 4 nitrogen and oxygen atoms in total. The van der Waals surface area contributed by atoms with Crippen LogP contribution in [-0.4, -0.2) is 22.6 Å². The molecule has 1 aliphatic heterocycles. The molecule has 6 heteroatoms. The summed E-state index contributed by atoms with van der Waals surface area (Å²) in [6.07, 6.45) is 6.88. The number of carbonyl (C=O) groups is 2. The standard InChI is InChI=1S/C21H16BrNO3S/c1-3-10-23-20(24)19(27-21(23)25)12-16-8-9-18(17(22)11-16)26-13-15-6-4-14(2)5-7-15/h1,4-9,11-12H,10,13H2,2H3/b19-12+. The van der Waals surface area contributed by atoms with Gasteiger partial charge in [0, 0.05) is 0 Å². The fraction of sp³-hybridized carbons (Fsp3) is 0.143. The third-order valence-electron chi connectivity index (χ3n) is 3.89. The van der Waals surface area contributed by atoms with E-state index in [0.717, 1.165) is 32.3 Å². The van der Waals surface area contributed by atoms with E-state index >= 15 is 0 Å². The molecular weight excluding hydrogens is 426 g/mol. The molecule has 0 radical (unpaired) electrons. The van der Waals surface area contributed by atoms with Crippen LogP contribution in [0.1, 0.15) is 16.7 Å². The molecule has 2 amide bonds. The van der Waals surface area contributed by atoms with E-state index in [0.29, 0.717) is 17.3 Å². The molecule has 0 bridgehead atoms. The van der Waals surface area contributed by atoms with Crippen molar-refractivity contribution in [3.63, 3.8) is 0 Å². The van der Waals surface area contributed by atoms with Crippen LogP contribution >= 0.6 is 27.7 Å². The Morgan fingerprint density at radius 3 is 2.63 bits per heavy atom. The number of rotatable bonds is 5. The SMILES string of the molecule is C#CCN1C(=O)S/C(=C/c2ccc(OCc3ccc(C)cc3)c(Br)c2)C1=O. The minimum absolute atomic E-state index is 0.0164. The van der Waals surface area contributed by atoms with Gasteiger partial charge in [-0.05, 0) is 64.0 Å². The minimum Gasteiger partial charge on any atom is -0.488 e. The zero-order chi connectivity index (χ0) is 19.4. The third kappa shape index (κ3) is 4.62. The number of thioether (sulfide) groups is 1. The van der Waals surface area contributed by atoms with E-state index in [2.05, 4.69) is 21.9 Å². The van der Waals surface area contributed by atoms with Crippen LogP contribution in [0.2, 0.25) is 0 Å². The molecule has 2 aromatic carbocycles. The predicted molar refractivity (Wildman–Crippen MR) is 111 cm³/mol. The number of aryl methyl sites for hydroxylation is 1. The molecule has 3 rings (SSSR count). The Kier molecular flexibility index (Phi) is 6.04. The first kappa shape index (κ1) is 19.3. The Morgan fingerprint density at radius 2 is 1.96 bits per heavy atom. The minimum atomic E-state index is -0.362. The van der Waals surface area contributed by atoms with Crippen molar-refractivity contribution in [1.82, 2.24) is 4.90 Å². The summed E-state index contributed by atoms with van der Waals surface area (Å²) < 4.78 is 6.62. The molecule has 1 saturated heterocycles. The Hall–Kier alpha value is -2.49. The second-order valence-corrected chi connectivity index (χ2v) is 7.78. The van der Waals surface area contributed by atoms with E-state index in [1.807, 2.05) is 49.4 Å². The molecule has 27 heavy (non-hydrogen) atoms. The lowest BCUT2D eigenvalue weighted by Gasteiger charge is -2.09. The quantitative estimate of drug-likeness (QED) is 0.483. The van der Waals surface area contributed by atoms with Crippen LogP contribution in [0.25, 0.3) is 6.08 Å². The highest BCUT2D eigenvalue weighted by Gasteiger charge is 2.34. The fourth-order valence-corrected chi connectivity index (χ4v) is 3.80. The van der Waals surface area contributed by atoms with Gasteiger partial charge in [-0.2, -0.15) is 0 Å². The molecule has 0 aliphatic carbocycles. The van der Waals surface area contributed by atoms with Gasteiger partial charge in [-0.1, -0.05) is 41.8 Å². The number of ether oxygens (including phenoxy) is 1. The topological polar surface area (TPSA) is 46.6 Å². The van der Waals surface area contributed by atoms with Gasteiger partial charge in [-0.25, -0.2) is 0 Å². The lowest BCUT2D eigenvalue weighted by molar-refractivity contribution is -0.122. The van der Waals surface area contributed by atoms with E-state index in [1.165, 1.54) is 5.56 Å². The van der Waals surface area contributed by atoms with Gasteiger partial charge in [-0.3, -0.25) is 14.5 Å². The van der Waals surface area contributed by atoms with Gasteiger partial charge in [0.05, 0.1) is 15.9 Å². The molecule has 0 N–H and O–H groups in total. The van der Waals surface area contributed by atoms with Gasteiger partial charge in [0.15, 0.2) is 0 Å². The largest absolute Gasteiger partial charge is 0.488 e. The maximum atomic E-state index is 12.2. The summed E-state index contributed by atoms with van der Waals surface area (Å²) in [5.74, 6) is 2.66. The molecule has 0 unspecified atom stereocenters. The first-order valence-electron chi connectivity index (χ1n) is 8.14. The summed E-state index contributed by atoms with van der Waals surface area (Å²) in [5, 5.41) is -0.346. The number of hydrogen-bond donors (Lipinski definition) is 0. The monoisotopic (exact) mass is 441 g/mol. The van der Waals surface area contributed by atoms with E-state index in [4.69, 9.17) is 11.2 Å². The average molecular weight is 442 g/mol. The van der Waals surface area contributed by atoms with Crippen molar-refractivity contribution in [1.29, 1.82) is 0 Å². The maximum absolute atomic E-state index is 12.2. The average Bonchev–Trinajstić information content (AvgIpc) is 2.90. The number of terminal acetylenes is 1. The van der Waals surface area contributed by atoms with Crippen LogP contribution in [-0.2, 0) is 11.4 Å². The van der Waals surface area contributed by atoms with E-state index in [1.54, 1.807) is 6.08 Å². The number of amides is 2. The number of carbonyl (C=O) groups excluding carboxylic acids is 2. The third-order valence-corrected chi connectivity index (χ3v) is 5.42. The van der Waals surface area contributed by atoms with Crippen molar-refractivity contribution < 1.29 is 14.3 Å². The molecule has 0 aromatic heterocycles. The molecular formula is C21H16BrNO3S. The van der Waals surface area contributed by atoms with Crippen molar-refractivity contribution in [3.8, 4) is 18.1 Å². The highest BCUT2D eigenvalue weighted by molar-refractivity contribution is 9.10. The molecule has 136 valence electrons. The Labute approximate surface area is 170 Å². The second kappa shape index (κ2) is 8.47. The fourth-order valence-electron chi connectivity index (χ4n) is 2.45. The van der Waals surface area contributed by atoms with Crippen LogP contribution in [0.15, 0.2) is 51.8 Å². The highest BCUT2D eigenvalue weighted by atomic mass is 79.9. The van der Waals surface area contributed by atoms with E-state index in [9.17, 15) is 9.59 Å². The summed E-state index contributed by atoms with van der Waals surface area (Å²) in [6, 6.07) is 13.7. The number of halogens is 1. The van der Waals surface area contributed by atoms with Crippen LogP contribution in [0, 0.1) is 19.3 Å². The van der Waals surface area contributed by atoms with Crippen LogP contribution < -0.4 is 4.74 Å². The lowest BCUT2D eigenvalue weighted by Crippen LogP contribution is -2.28. The van der Waals surface area contributed by atoms with Gasteiger partial charge in [-0.15, -0.1) is 6.42 Å². The molecule has 1 fully saturated rings. The van der Waals surface area contributed by atoms with Gasteiger partial charge in [0.25, 0.3) is 11.1 Å². The molecule has 0 atom stereocenters. The number of imide groups is 1. The van der Waals surface area contributed by atoms with E-state index < -0.39 is 0 Å². The summed E-state index contributed by atoms with van der Waals surface area (Å²) in [7, 11) is 0. The summed E-state index contributed by atoms with van der Waals surface area (Å²) in [4.78, 5) is 25.5. The molecule has 0 spiro atoms. The van der Waals surface area contributed by atoms with Crippen molar-refractivity contribution in [2.75, 3.05) is 6.54 Å². The summed E-state index contributed by atoms with van der Waals surface area (Å²) >= 11 is 4.39. The second-order valence-electron chi connectivity index (χ2n) is 5.94. The van der Waals surface area contributed by atoms with Crippen molar-refractivity contribution >= 4 is 44.9 Å². The summed E-state index contributed by atoms with van der Waals surface area (Å²) in [6.45, 7) is 2.49. The number of nitrogens with zero attached hydrogens (tertiary/aromatic N) is 1. The lowest BCUT2D eigenvalue weighted by atomic mass is 10.1. The maximum Gasteiger partial charge on any atom is 0.294 e. The van der Waals surface area contributed by atoms with Gasteiger partial charge >= 0.3 is 0 Å². The number of hydrogen-bond acceptors (Lipinski definition) is 4.